The van der Waals surface area contributed by atoms with Gasteiger partial charge in [-0.15, -0.1) is 0 Å². The van der Waals surface area contributed by atoms with Gasteiger partial charge in [-0.2, -0.15) is 0 Å². The second-order valence-corrected chi connectivity index (χ2v) is 6.27. The molecule has 1 amide bonds. The summed E-state index contributed by atoms with van der Waals surface area (Å²) < 4.78 is 0.943. The van der Waals surface area contributed by atoms with Gasteiger partial charge in [-0.25, -0.2) is 0 Å². The van der Waals surface area contributed by atoms with Crippen molar-refractivity contribution in [3.63, 3.8) is 0 Å². The number of amides is 1. The molecule has 1 aromatic carbocycles. The molecule has 0 saturated carbocycles. The lowest BCUT2D eigenvalue weighted by atomic mass is 10.2. The van der Waals surface area contributed by atoms with Crippen LogP contribution in [-0.2, 0) is 4.79 Å². The number of nitrogens with one attached hydrogen (secondary N) is 3. The van der Waals surface area contributed by atoms with Gasteiger partial charge >= 0.3 is 0 Å². The number of likely N-dealkylation sites (N-methyl/N-ethyl adjacent to an activating group) is 1. The van der Waals surface area contributed by atoms with Gasteiger partial charge in [0.1, 0.15) is 26.2 Å². The number of anilines is 1. The predicted octanol–water partition coefficient (Wildman–Crippen LogP) is -0.891. The molecule has 0 radical (unpaired) electrons. The third-order valence-electron chi connectivity index (χ3n) is 3.62. The van der Waals surface area contributed by atoms with Crippen LogP contribution in [0.2, 0.25) is 0 Å². The van der Waals surface area contributed by atoms with Gasteiger partial charge in [0.15, 0.2) is 6.54 Å². The summed E-state index contributed by atoms with van der Waals surface area (Å²) >= 11 is 3.48. The van der Waals surface area contributed by atoms with Crippen molar-refractivity contribution in [1.82, 2.24) is 0 Å². The second-order valence-electron chi connectivity index (χ2n) is 5.42. The number of benzene rings is 1. The maximum absolute atomic E-state index is 12.0. The average Bonchev–Trinajstić information content (AvgIpc) is 2.36. The Morgan fingerprint density at radius 1 is 1.32 bits per heavy atom. The number of halogens is 1. The zero-order chi connectivity index (χ0) is 13.8. The van der Waals surface area contributed by atoms with Crippen molar-refractivity contribution in [3.05, 3.63) is 28.2 Å². The Labute approximate surface area is 122 Å². The molecule has 0 unspecified atom stereocenters. The van der Waals surface area contributed by atoms with Crippen LogP contribution in [0.15, 0.2) is 22.7 Å². The predicted molar refractivity (Wildman–Crippen MR) is 79.7 cm³/mol. The minimum Gasteiger partial charge on any atom is -0.328 e. The van der Waals surface area contributed by atoms with Crippen LogP contribution in [-0.4, -0.2) is 45.7 Å². The van der Waals surface area contributed by atoms with Crippen molar-refractivity contribution in [1.29, 1.82) is 0 Å². The molecule has 4 nitrogen and oxygen atoms in total. The Morgan fingerprint density at radius 3 is 2.63 bits per heavy atom. The lowest BCUT2D eigenvalue weighted by Gasteiger charge is -2.26. The quantitative estimate of drug-likeness (QED) is 0.662. The highest BCUT2D eigenvalue weighted by Crippen LogP contribution is 2.22. The standard InChI is InChI=1S/C14H20BrN3O/c1-11-3-4-13(12(15)9-11)16-14(19)10-18-7-5-17(2)6-8-18/h3-4,9H,5-8,10H2,1-2H3,(H,16,19)/p+2. The SMILES string of the molecule is Cc1ccc(NC(=O)C[NH+]2CC[NH+](C)CC2)c(Br)c1. The topological polar surface area (TPSA) is 38.0 Å². The van der Waals surface area contributed by atoms with Crippen LogP contribution in [0.1, 0.15) is 5.56 Å². The normalized spacial score (nSPS) is 23.1. The second kappa shape index (κ2) is 6.50. The summed E-state index contributed by atoms with van der Waals surface area (Å²) in [5, 5.41) is 2.98. The minimum absolute atomic E-state index is 0.0964. The van der Waals surface area contributed by atoms with Crippen molar-refractivity contribution in [2.75, 3.05) is 45.1 Å². The van der Waals surface area contributed by atoms with E-state index in [0.717, 1.165) is 36.3 Å². The van der Waals surface area contributed by atoms with Gasteiger partial charge in [-0.3, -0.25) is 4.79 Å². The number of rotatable bonds is 3. The molecule has 0 bridgehead atoms. The summed E-state index contributed by atoms with van der Waals surface area (Å²) in [6.45, 7) is 7.05. The van der Waals surface area contributed by atoms with Gasteiger partial charge in [0.25, 0.3) is 5.91 Å². The first-order valence-electron chi connectivity index (χ1n) is 6.75. The molecule has 19 heavy (non-hydrogen) atoms. The van der Waals surface area contributed by atoms with Gasteiger partial charge < -0.3 is 15.1 Å². The lowest BCUT2D eigenvalue weighted by Crippen LogP contribution is -3.27. The number of hydrogen-bond donors (Lipinski definition) is 3. The number of carbonyl (C=O) groups excluding carboxylic acids is 1. The minimum atomic E-state index is 0.0964. The molecule has 2 rings (SSSR count). The Balaban J connectivity index is 1.87. The van der Waals surface area contributed by atoms with Crippen molar-refractivity contribution < 1.29 is 14.6 Å². The molecular weight excluding hydrogens is 306 g/mol. The molecule has 1 aromatic rings. The number of quaternary nitrogens is 2. The zero-order valence-corrected chi connectivity index (χ0v) is 13.1. The first-order valence-corrected chi connectivity index (χ1v) is 7.55. The number of aryl methyl sites for hydroxylation is 1. The summed E-state index contributed by atoms with van der Waals surface area (Å²) in [5.74, 6) is 0.0964. The molecule has 104 valence electrons. The highest BCUT2D eigenvalue weighted by Gasteiger charge is 2.22. The van der Waals surface area contributed by atoms with E-state index < -0.39 is 0 Å². The molecule has 1 aliphatic rings. The van der Waals surface area contributed by atoms with Crippen molar-refractivity contribution in [2.24, 2.45) is 0 Å². The van der Waals surface area contributed by atoms with E-state index in [4.69, 9.17) is 0 Å². The first kappa shape index (κ1) is 14.5. The number of carbonyl (C=O) groups is 1. The van der Waals surface area contributed by atoms with Crippen molar-refractivity contribution >= 4 is 27.5 Å². The van der Waals surface area contributed by atoms with Gasteiger partial charge in [0.2, 0.25) is 0 Å². The molecule has 1 fully saturated rings. The van der Waals surface area contributed by atoms with Gasteiger partial charge in [0, 0.05) is 4.47 Å². The van der Waals surface area contributed by atoms with Crippen molar-refractivity contribution in [3.8, 4) is 0 Å². The molecule has 0 spiro atoms. The Bertz CT molecular complexity index is 456. The monoisotopic (exact) mass is 327 g/mol. The molecule has 0 aromatic heterocycles. The van der Waals surface area contributed by atoms with Crippen LogP contribution in [0.25, 0.3) is 0 Å². The molecular formula is C14H22BrN3O+2. The molecule has 5 heteroatoms. The van der Waals surface area contributed by atoms with Gasteiger partial charge in [0.05, 0.1) is 12.7 Å². The highest BCUT2D eigenvalue weighted by molar-refractivity contribution is 9.10. The smallest absolute Gasteiger partial charge is 0.279 e. The van der Waals surface area contributed by atoms with Crippen LogP contribution >= 0.6 is 15.9 Å². The van der Waals surface area contributed by atoms with Gasteiger partial charge in [-0.05, 0) is 40.5 Å². The largest absolute Gasteiger partial charge is 0.328 e. The van der Waals surface area contributed by atoms with E-state index in [1.807, 2.05) is 25.1 Å². The molecule has 1 saturated heterocycles. The molecule has 1 heterocycles. The Morgan fingerprint density at radius 2 is 2.00 bits per heavy atom. The van der Waals surface area contributed by atoms with E-state index in [9.17, 15) is 4.79 Å². The highest BCUT2D eigenvalue weighted by atomic mass is 79.9. The lowest BCUT2D eigenvalue weighted by molar-refractivity contribution is -0.999. The average molecular weight is 328 g/mol. The van der Waals surface area contributed by atoms with Crippen molar-refractivity contribution in [2.45, 2.75) is 6.92 Å². The molecule has 0 atom stereocenters. The fraction of sp³-hybridized carbons (Fsp3) is 0.500. The molecule has 1 aliphatic heterocycles. The Kier molecular flexibility index (Phi) is 4.96. The number of piperazine rings is 1. The summed E-state index contributed by atoms with van der Waals surface area (Å²) in [7, 11) is 2.21. The van der Waals surface area contributed by atoms with E-state index in [-0.39, 0.29) is 5.91 Å². The van der Waals surface area contributed by atoms with E-state index in [1.165, 1.54) is 10.5 Å². The molecule has 0 aliphatic carbocycles. The maximum Gasteiger partial charge on any atom is 0.279 e. The fourth-order valence-corrected chi connectivity index (χ4v) is 2.94. The van der Waals surface area contributed by atoms with E-state index in [1.54, 1.807) is 4.90 Å². The summed E-state index contributed by atoms with van der Waals surface area (Å²) in [6, 6.07) is 5.97. The molecule has 3 N–H and O–H groups in total. The zero-order valence-electron chi connectivity index (χ0n) is 11.6. The van der Waals surface area contributed by atoms with Crippen LogP contribution < -0.4 is 15.1 Å². The van der Waals surface area contributed by atoms with Crippen LogP contribution in [0.5, 0.6) is 0 Å². The number of hydrogen-bond acceptors (Lipinski definition) is 1. The van der Waals surface area contributed by atoms with E-state index >= 15 is 0 Å². The van der Waals surface area contributed by atoms with Gasteiger partial charge in [-0.1, -0.05) is 6.07 Å². The van der Waals surface area contributed by atoms with E-state index in [0.29, 0.717) is 6.54 Å². The summed E-state index contributed by atoms with van der Waals surface area (Å²) in [4.78, 5) is 15.0. The first-order chi connectivity index (χ1) is 9.04. The third-order valence-corrected chi connectivity index (χ3v) is 4.28. The van der Waals surface area contributed by atoms with Crippen LogP contribution in [0.4, 0.5) is 5.69 Å². The third kappa shape index (κ3) is 4.30. The van der Waals surface area contributed by atoms with E-state index in [2.05, 4.69) is 28.3 Å². The maximum atomic E-state index is 12.0. The van der Waals surface area contributed by atoms with Crippen LogP contribution in [0, 0.1) is 6.92 Å². The Hall–Kier alpha value is -0.910. The van der Waals surface area contributed by atoms with Crippen LogP contribution in [0.3, 0.4) is 0 Å². The summed E-state index contributed by atoms with van der Waals surface area (Å²) in [6.07, 6.45) is 0. The fourth-order valence-electron chi connectivity index (χ4n) is 2.35. The summed E-state index contributed by atoms with van der Waals surface area (Å²) in [5.41, 5.74) is 2.03.